The summed E-state index contributed by atoms with van der Waals surface area (Å²) in [6.45, 7) is 7.59. The van der Waals surface area contributed by atoms with Crippen molar-refractivity contribution in [3.8, 4) is 0 Å². The Labute approximate surface area is 109 Å². The van der Waals surface area contributed by atoms with Gasteiger partial charge in [-0.3, -0.25) is 0 Å². The van der Waals surface area contributed by atoms with Crippen LogP contribution in [0.2, 0.25) is 0 Å². The van der Waals surface area contributed by atoms with Crippen LogP contribution in [0.3, 0.4) is 0 Å². The summed E-state index contributed by atoms with van der Waals surface area (Å²) in [5.41, 5.74) is 2.64. The monoisotopic (exact) mass is 253 g/mol. The van der Waals surface area contributed by atoms with Crippen LogP contribution in [0.1, 0.15) is 24.5 Å². The number of hydrogen-bond acceptors (Lipinski definition) is 3. The lowest BCUT2D eigenvalue weighted by molar-refractivity contribution is 0.271. The molecule has 0 aliphatic rings. The van der Waals surface area contributed by atoms with Gasteiger partial charge in [0.05, 0.1) is 0 Å². The van der Waals surface area contributed by atoms with Crippen molar-refractivity contribution in [3.63, 3.8) is 0 Å². The van der Waals surface area contributed by atoms with Gasteiger partial charge in [0, 0.05) is 23.3 Å². The van der Waals surface area contributed by atoms with Crippen LogP contribution in [0.15, 0.2) is 23.1 Å². The van der Waals surface area contributed by atoms with Crippen molar-refractivity contribution in [2.75, 3.05) is 18.9 Å². The summed E-state index contributed by atoms with van der Waals surface area (Å²) >= 11 is 1.88. The molecular weight excluding hydrogens is 230 g/mol. The molecule has 0 aliphatic heterocycles. The standard InChI is InChI=1S/C14H23NOS/c1-4-15-13(7-8-16)10-17-14-9-11(2)5-6-12(14)3/h5-6,9,13,15-16H,4,7-8,10H2,1-3H3. The maximum atomic E-state index is 9.01. The third-order valence-corrected chi connectivity index (χ3v) is 4.07. The Kier molecular flexibility index (Phi) is 6.63. The number of rotatable bonds is 7. The first-order chi connectivity index (χ1) is 8.17. The van der Waals surface area contributed by atoms with Crippen LogP contribution in [0.4, 0.5) is 0 Å². The Morgan fingerprint density at radius 1 is 1.35 bits per heavy atom. The summed E-state index contributed by atoms with van der Waals surface area (Å²) in [5.74, 6) is 1.01. The fourth-order valence-electron chi connectivity index (χ4n) is 1.74. The van der Waals surface area contributed by atoms with Crippen molar-refractivity contribution in [3.05, 3.63) is 29.3 Å². The zero-order valence-electron chi connectivity index (χ0n) is 11.0. The SMILES string of the molecule is CCNC(CCO)CSc1cc(C)ccc1C. The molecule has 2 N–H and O–H groups in total. The molecule has 96 valence electrons. The molecule has 0 radical (unpaired) electrons. The van der Waals surface area contributed by atoms with E-state index < -0.39 is 0 Å². The van der Waals surface area contributed by atoms with Gasteiger partial charge < -0.3 is 10.4 Å². The highest BCUT2D eigenvalue weighted by atomic mass is 32.2. The van der Waals surface area contributed by atoms with Crippen LogP contribution in [0.25, 0.3) is 0 Å². The van der Waals surface area contributed by atoms with Crippen LogP contribution < -0.4 is 5.32 Å². The molecule has 1 aromatic carbocycles. The fourth-order valence-corrected chi connectivity index (χ4v) is 2.97. The van der Waals surface area contributed by atoms with Gasteiger partial charge in [-0.15, -0.1) is 11.8 Å². The Morgan fingerprint density at radius 2 is 2.12 bits per heavy atom. The highest BCUT2D eigenvalue weighted by Gasteiger charge is 2.08. The van der Waals surface area contributed by atoms with Gasteiger partial charge >= 0.3 is 0 Å². The van der Waals surface area contributed by atoms with Crippen molar-refractivity contribution >= 4 is 11.8 Å². The van der Waals surface area contributed by atoms with Crippen molar-refractivity contribution in [2.45, 2.75) is 38.1 Å². The predicted molar refractivity (Wildman–Crippen MR) is 75.8 cm³/mol. The van der Waals surface area contributed by atoms with Crippen molar-refractivity contribution in [2.24, 2.45) is 0 Å². The molecule has 2 nitrogen and oxygen atoms in total. The number of aliphatic hydroxyl groups is 1. The lowest BCUT2D eigenvalue weighted by Gasteiger charge is -2.17. The quantitative estimate of drug-likeness (QED) is 0.733. The van der Waals surface area contributed by atoms with E-state index in [1.54, 1.807) is 0 Å². The van der Waals surface area contributed by atoms with E-state index in [0.29, 0.717) is 6.04 Å². The second kappa shape index (κ2) is 7.75. The molecule has 17 heavy (non-hydrogen) atoms. The van der Waals surface area contributed by atoms with Crippen LogP contribution >= 0.6 is 11.8 Å². The lowest BCUT2D eigenvalue weighted by atomic mass is 10.2. The molecule has 0 bridgehead atoms. The number of thioether (sulfide) groups is 1. The minimum Gasteiger partial charge on any atom is -0.396 e. The van der Waals surface area contributed by atoms with E-state index in [2.05, 4.69) is 44.3 Å². The van der Waals surface area contributed by atoms with Crippen LogP contribution in [-0.2, 0) is 0 Å². The molecule has 0 saturated carbocycles. The zero-order chi connectivity index (χ0) is 12.7. The minimum atomic E-state index is 0.255. The average Bonchev–Trinajstić information content (AvgIpc) is 2.30. The van der Waals surface area contributed by atoms with Gasteiger partial charge in [-0.05, 0) is 38.4 Å². The minimum absolute atomic E-state index is 0.255. The Balaban J connectivity index is 2.55. The van der Waals surface area contributed by atoms with E-state index in [0.717, 1.165) is 18.7 Å². The molecule has 1 atom stereocenters. The van der Waals surface area contributed by atoms with E-state index in [1.165, 1.54) is 16.0 Å². The van der Waals surface area contributed by atoms with Gasteiger partial charge in [-0.25, -0.2) is 0 Å². The summed E-state index contributed by atoms with van der Waals surface area (Å²) in [6, 6.07) is 6.96. The smallest absolute Gasteiger partial charge is 0.0446 e. The summed E-state index contributed by atoms with van der Waals surface area (Å²) in [7, 11) is 0. The molecule has 0 heterocycles. The third kappa shape index (κ3) is 5.11. The predicted octanol–water partition coefficient (Wildman–Crippen LogP) is 2.76. The van der Waals surface area contributed by atoms with E-state index in [4.69, 9.17) is 5.11 Å². The molecule has 0 saturated heterocycles. The molecule has 3 heteroatoms. The second-order valence-corrected chi connectivity index (χ2v) is 5.41. The Morgan fingerprint density at radius 3 is 2.76 bits per heavy atom. The van der Waals surface area contributed by atoms with Gasteiger partial charge in [-0.1, -0.05) is 24.6 Å². The summed E-state index contributed by atoms with van der Waals surface area (Å²) < 4.78 is 0. The summed E-state index contributed by atoms with van der Waals surface area (Å²) in [6.07, 6.45) is 0.825. The summed E-state index contributed by atoms with van der Waals surface area (Å²) in [5, 5.41) is 12.4. The van der Waals surface area contributed by atoms with Gasteiger partial charge in [0.1, 0.15) is 0 Å². The van der Waals surface area contributed by atoms with E-state index in [-0.39, 0.29) is 6.61 Å². The highest BCUT2D eigenvalue weighted by Crippen LogP contribution is 2.24. The topological polar surface area (TPSA) is 32.3 Å². The van der Waals surface area contributed by atoms with Gasteiger partial charge in [0.2, 0.25) is 0 Å². The maximum Gasteiger partial charge on any atom is 0.0446 e. The van der Waals surface area contributed by atoms with Crippen LogP contribution in [0.5, 0.6) is 0 Å². The normalized spacial score (nSPS) is 12.7. The number of hydrogen-bond donors (Lipinski definition) is 2. The van der Waals surface area contributed by atoms with Crippen LogP contribution in [-0.4, -0.2) is 30.1 Å². The molecule has 1 aromatic rings. The van der Waals surface area contributed by atoms with Crippen LogP contribution in [0, 0.1) is 13.8 Å². The molecule has 1 rings (SSSR count). The number of aryl methyl sites for hydroxylation is 2. The second-order valence-electron chi connectivity index (χ2n) is 4.35. The van der Waals surface area contributed by atoms with E-state index in [1.807, 2.05) is 11.8 Å². The first kappa shape index (κ1) is 14.6. The highest BCUT2D eigenvalue weighted by molar-refractivity contribution is 7.99. The van der Waals surface area contributed by atoms with Crippen molar-refractivity contribution in [1.29, 1.82) is 0 Å². The first-order valence-electron chi connectivity index (χ1n) is 6.21. The Hall–Kier alpha value is -0.510. The van der Waals surface area contributed by atoms with Crippen molar-refractivity contribution in [1.82, 2.24) is 5.32 Å². The molecule has 1 unspecified atom stereocenters. The molecular formula is C14H23NOS. The third-order valence-electron chi connectivity index (χ3n) is 2.75. The first-order valence-corrected chi connectivity index (χ1v) is 7.20. The van der Waals surface area contributed by atoms with Gasteiger partial charge in [0.15, 0.2) is 0 Å². The molecule has 0 spiro atoms. The molecule has 0 fully saturated rings. The fraction of sp³-hybridized carbons (Fsp3) is 0.571. The number of benzene rings is 1. The van der Waals surface area contributed by atoms with Gasteiger partial charge in [-0.2, -0.15) is 0 Å². The summed E-state index contributed by atoms with van der Waals surface area (Å²) in [4.78, 5) is 1.35. The molecule has 0 aliphatic carbocycles. The zero-order valence-corrected chi connectivity index (χ0v) is 11.8. The largest absolute Gasteiger partial charge is 0.396 e. The van der Waals surface area contributed by atoms with E-state index >= 15 is 0 Å². The van der Waals surface area contributed by atoms with Crippen molar-refractivity contribution < 1.29 is 5.11 Å². The number of aliphatic hydroxyl groups excluding tert-OH is 1. The Bertz CT molecular complexity index is 335. The number of nitrogens with one attached hydrogen (secondary N) is 1. The molecule has 0 aromatic heterocycles. The van der Waals surface area contributed by atoms with Gasteiger partial charge in [0.25, 0.3) is 0 Å². The maximum absolute atomic E-state index is 9.01. The molecule has 0 amide bonds. The van der Waals surface area contributed by atoms with E-state index in [9.17, 15) is 0 Å². The average molecular weight is 253 g/mol. The lowest BCUT2D eigenvalue weighted by Crippen LogP contribution is -2.32.